The first kappa shape index (κ1) is 15.9. The molecule has 0 aliphatic rings. The predicted octanol–water partition coefficient (Wildman–Crippen LogP) is 0.928. The van der Waals surface area contributed by atoms with Gasteiger partial charge in [0, 0.05) is 25.2 Å². The van der Waals surface area contributed by atoms with E-state index in [2.05, 4.69) is 15.0 Å². The number of aromatic nitrogens is 1. The first-order chi connectivity index (χ1) is 8.81. The van der Waals surface area contributed by atoms with Gasteiger partial charge in [0.2, 0.25) is 15.9 Å². The van der Waals surface area contributed by atoms with Crippen molar-refractivity contribution in [3.05, 3.63) is 23.5 Å². The number of halogens is 1. The normalized spacial score (nSPS) is 11.6. The number of rotatable bonds is 6. The van der Waals surface area contributed by atoms with Gasteiger partial charge in [-0.3, -0.25) is 4.79 Å². The Morgan fingerprint density at radius 3 is 2.63 bits per heavy atom. The van der Waals surface area contributed by atoms with Crippen molar-refractivity contribution >= 4 is 27.5 Å². The molecule has 0 atom stereocenters. The molecule has 1 rings (SSSR count). The zero-order valence-corrected chi connectivity index (χ0v) is 12.3. The average Bonchev–Trinajstić information content (AvgIpc) is 2.28. The monoisotopic (exact) mass is 305 g/mol. The number of sulfonamides is 1. The number of amides is 1. The smallest absolute Gasteiger partial charge is 0.242 e. The number of nitrogens with zero attached hydrogens (tertiary/aromatic N) is 1. The molecule has 1 amide bonds. The number of pyridine rings is 1. The van der Waals surface area contributed by atoms with Gasteiger partial charge in [0.05, 0.1) is 0 Å². The molecule has 0 saturated carbocycles. The van der Waals surface area contributed by atoms with Crippen molar-refractivity contribution in [3.63, 3.8) is 0 Å². The molecule has 106 valence electrons. The van der Waals surface area contributed by atoms with Gasteiger partial charge in [-0.15, -0.1) is 0 Å². The van der Waals surface area contributed by atoms with Gasteiger partial charge in [-0.1, -0.05) is 11.6 Å². The summed E-state index contributed by atoms with van der Waals surface area (Å²) in [6.45, 7) is 3.70. The maximum Gasteiger partial charge on any atom is 0.242 e. The molecular weight excluding hydrogens is 290 g/mol. The van der Waals surface area contributed by atoms with E-state index in [4.69, 9.17) is 11.6 Å². The quantitative estimate of drug-likeness (QED) is 0.765. The van der Waals surface area contributed by atoms with E-state index in [0.717, 1.165) is 0 Å². The second-order valence-electron chi connectivity index (χ2n) is 4.19. The Hall–Kier alpha value is -1.18. The molecule has 0 radical (unpaired) electrons. The highest BCUT2D eigenvalue weighted by molar-refractivity contribution is 7.89. The topological polar surface area (TPSA) is 88.2 Å². The summed E-state index contributed by atoms with van der Waals surface area (Å²) in [6.07, 6.45) is 1.25. The molecule has 0 aliphatic heterocycles. The van der Waals surface area contributed by atoms with Crippen LogP contribution in [0.5, 0.6) is 0 Å². The van der Waals surface area contributed by atoms with E-state index in [1.54, 1.807) is 0 Å². The van der Waals surface area contributed by atoms with Crippen LogP contribution in [0.25, 0.3) is 0 Å². The number of carbonyl (C=O) groups is 1. The molecule has 19 heavy (non-hydrogen) atoms. The molecule has 1 aromatic heterocycles. The summed E-state index contributed by atoms with van der Waals surface area (Å²) in [6, 6.07) is 2.78. The Kier molecular flexibility index (Phi) is 5.71. The van der Waals surface area contributed by atoms with Crippen LogP contribution in [0.15, 0.2) is 23.2 Å². The Labute approximate surface area is 117 Å². The van der Waals surface area contributed by atoms with Gasteiger partial charge in [-0.05, 0) is 26.0 Å². The van der Waals surface area contributed by atoms with Crippen LogP contribution in [0.1, 0.15) is 20.3 Å². The van der Waals surface area contributed by atoms with Crippen molar-refractivity contribution in [2.24, 2.45) is 0 Å². The Balaban J connectivity index is 2.52. The second-order valence-corrected chi connectivity index (χ2v) is 6.34. The molecular formula is C11H16ClN3O3S. The lowest BCUT2D eigenvalue weighted by Gasteiger charge is -2.09. The van der Waals surface area contributed by atoms with Crippen molar-refractivity contribution in [2.45, 2.75) is 31.2 Å². The lowest BCUT2D eigenvalue weighted by atomic mass is 10.3. The molecule has 8 heteroatoms. The van der Waals surface area contributed by atoms with Crippen LogP contribution >= 0.6 is 11.6 Å². The summed E-state index contributed by atoms with van der Waals surface area (Å²) in [5, 5.41) is 2.89. The van der Waals surface area contributed by atoms with Crippen molar-refractivity contribution in [1.29, 1.82) is 0 Å². The number of nitrogens with one attached hydrogen (secondary N) is 2. The fourth-order valence-corrected chi connectivity index (χ4v) is 2.39. The van der Waals surface area contributed by atoms with Gasteiger partial charge >= 0.3 is 0 Å². The first-order valence-electron chi connectivity index (χ1n) is 5.72. The molecule has 0 aliphatic carbocycles. The third kappa shape index (κ3) is 5.54. The summed E-state index contributed by atoms with van der Waals surface area (Å²) in [4.78, 5) is 15.1. The molecule has 0 fully saturated rings. The van der Waals surface area contributed by atoms with Gasteiger partial charge in [-0.25, -0.2) is 18.1 Å². The maximum absolute atomic E-state index is 11.8. The fraction of sp³-hybridized carbons (Fsp3) is 0.455. The summed E-state index contributed by atoms with van der Waals surface area (Å²) in [5.74, 6) is -0.202. The zero-order chi connectivity index (χ0) is 14.5. The molecule has 0 bridgehead atoms. The van der Waals surface area contributed by atoms with Gasteiger partial charge in [0.1, 0.15) is 10.0 Å². The van der Waals surface area contributed by atoms with E-state index in [0.29, 0.717) is 0 Å². The van der Waals surface area contributed by atoms with Crippen LogP contribution in [-0.2, 0) is 14.8 Å². The molecule has 1 heterocycles. The Bertz CT molecular complexity index is 529. The minimum Gasteiger partial charge on any atom is -0.354 e. The van der Waals surface area contributed by atoms with Crippen LogP contribution < -0.4 is 10.0 Å². The highest BCUT2D eigenvalue weighted by Crippen LogP contribution is 2.10. The minimum atomic E-state index is -3.65. The van der Waals surface area contributed by atoms with E-state index in [1.807, 2.05) is 13.8 Å². The minimum absolute atomic E-state index is 0.0150. The van der Waals surface area contributed by atoms with Crippen molar-refractivity contribution in [1.82, 2.24) is 15.0 Å². The summed E-state index contributed by atoms with van der Waals surface area (Å²) >= 11 is 5.58. The lowest BCUT2D eigenvalue weighted by molar-refractivity contribution is -0.121. The molecule has 0 saturated heterocycles. The highest BCUT2D eigenvalue weighted by atomic mass is 35.5. The van der Waals surface area contributed by atoms with E-state index in [1.165, 1.54) is 18.3 Å². The summed E-state index contributed by atoms with van der Waals surface area (Å²) in [7, 11) is -3.65. The largest absolute Gasteiger partial charge is 0.354 e. The van der Waals surface area contributed by atoms with Crippen LogP contribution in [0, 0.1) is 0 Å². The summed E-state index contributed by atoms with van der Waals surface area (Å²) < 4.78 is 26.0. The average molecular weight is 306 g/mol. The SMILES string of the molecule is CC(C)NC(=O)CCNS(=O)(=O)c1ccc(Cl)nc1. The maximum atomic E-state index is 11.8. The fourth-order valence-electron chi connectivity index (χ4n) is 1.30. The Morgan fingerprint density at radius 1 is 1.42 bits per heavy atom. The molecule has 0 unspecified atom stereocenters. The lowest BCUT2D eigenvalue weighted by Crippen LogP contribution is -2.34. The molecule has 6 nitrogen and oxygen atoms in total. The van der Waals surface area contributed by atoms with Crippen LogP contribution in [-0.4, -0.2) is 31.9 Å². The van der Waals surface area contributed by atoms with E-state index in [9.17, 15) is 13.2 Å². The number of carbonyl (C=O) groups excluding carboxylic acids is 1. The highest BCUT2D eigenvalue weighted by Gasteiger charge is 2.14. The number of hydrogen-bond donors (Lipinski definition) is 2. The zero-order valence-electron chi connectivity index (χ0n) is 10.7. The van der Waals surface area contributed by atoms with Gasteiger partial charge in [0.15, 0.2) is 0 Å². The first-order valence-corrected chi connectivity index (χ1v) is 7.58. The summed E-state index contributed by atoms with van der Waals surface area (Å²) in [5.41, 5.74) is 0. The van der Waals surface area contributed by atoms with E-state index >= 15 is 0 Å². The third-order valence-electron chi connectivity index (χ3n) is 2.10. The standard InChI is InChI=1S/C11H16ClN3O3S/c1-8(2)15-11(16)5-6-14-19(17,18)9-3-4-10(12)13-7-9/h3-4,7-8,14H,5-6H2,1-2H3,(H,15,16). The van der Waals surface area contributed by atoms with Crippen molar-refractivity contribution < 1.29 is 13.2 Å². The van der Waals surface area contributed by atoms with Crippen LogP contribution in [0.2, 0.25) is 5.15 Å². The predicted molar refractivity (Wildman–Crippen MR) is 72.3 cm³/mol. The van der Waals surface area contributed by atoms with Crippen LogP contribution in [0.4, 0.5) is 0 Å². The second kappa shape index (κ2) is 6.83. The van der Waals surface area contributed by atoms with E-state index in [-0.39, 0.29) is 35.0 Å². The van der Waals surface area contributed by atoms with Crippen molar-refractivity contribution in [2.75, 3.05) is 6.54 Å². The van der Waals surface area contributed by atoms with E-state index < -0.39 is 10.0 Å². The molecule has 0 aromatic carbocycles. The Morgan fingerprint density at radius 2 is 2.11 bits per heavy atom. The van der Waals surface area contributed by atoms with Gasteiger partial charge in [-0.2, -0.15) is 0 Å². The molecule has 2 N–H and O–H groups in total. The van der Waals surface area contributed by atoms with Gasteiger partial charge < -0.3 is 5.32 Å². The van der Waals surface area contributed by atoms with Gasteiger partial charge in [0.25, 0.3) is 0 Å². The van der Waals surface area contributed by atoms with Crippen molar-refractivity contribution in [3.8, 4) is 0 Å². The molecule has 1 aromatic rings. The number of hydrogen-bond acceptors (Lipinski definition) is 4. The third-order valence-corrected chi connectivity index (χ3v) is 3.77. The molecule has 0 spiro atoms. The van der Waals surface area contributed by atoms with Crippen LogP contribution in [0.3, 0.4) is 0 Å².